The molecular weight excluding hydrogens is 464 g/mol. The van der Waals surface area contributed by atoms with Crippen molar-refractivity contribution in [3.05, 3.63) is 65.1 Å². The summed E-state index contributed by atoms with van der Waals surface area (Å²) >= 11 is 7.17. The Hall–Kier alpha value is -3.21. The molecule has 0 aliphatic carbocycles. The van der Waals surface area contributed by atoms with E-state index in [-0.39, 0.29) is 0 Å². The fourth-order valence-electron chi connectivity index (χ4n) is 4.24. The molecule has 0 amide bonds. The molecule has 1 aliphatic rings. The molecule has 0 saturated carbocycles. The molecule has 1 fully saturated rings. The van der Waals surface area contributed by atoms with Crippen molar-refractivity contribution in [2.45, 2.75) is 19.0 Å². The third-order valence-corrected chi connectivity index (χ3v) is 7.08. The number of nitrogens with two attached hydrogens (primary N) is 1. The van der Waals surface area contributed by atoms with E-state index in [1.807, 2.05) is 6.07 Å². The first-order valence-electron chi connectivity index (χ1n) is 11.4. The molecule has 176 valence electrons. The van der Waals surface area contributed by atoms with Crippen LogP contribution in [0.1, 0.15) is 11.3 Å². The number of rotatable bonds is 8. The van der Waals surface area contributed by atoms with Crippen LogP contribution in [-0.2, 0) is 6.54 Å². The minimum Gasteiger partial charge on any atom is -0.397 e. The standard InChI is InChI=1S/C24H28N8S2/c25-19-7-9-26-14-21(19)30-24(33)27-10-12-31-11-8-17(15-31)28-23-29-20-5-1-2-6-22(20)32(23)16-18-4-3-13-34-18/h1-7,9,13-14,17H,8,10-12,15-16H2,(H2,25,26)(H,28,29)(H2,27,30,33). The van der Waals surface area contributed by atoms with Gasteiger partial charge in [-0.25, -0.2) is 4.98 Å². The molecule has 1 unspecified atom stereocenters. The van der Waals surface area contributed by atoms with Crippen molar-refractivity contribution in [2.75, 3.05) is 42.5 Å². The topological polar surface area (TPSA) is 96.1 Å². The number of para-hydroxylation sites is 2. The summed E-state index contributed by atoms with van der Waals surface area (Å²) in [7, 11) is 0. The monoisotopic (exact) mass is 492 g/mol. The zero-order valence-corrected chi connectivity index (χ0v) is 20.4. The molecule has 34 heavy (non-hydrogen) atoms. The van der Waals surface area contributed by atoms with E-state index in [1.54, 1.807) is 29.8 Å². The van der Waals surface area contributed by atoms with Crippen molar-refractivity contribution in [1.29, 1.82) is 0 Å². The molecule has 1 atom stereocenters. The lowest BCUT2D eigenvalue weighted by Crippen LogP contribution is -2.37. The Labute approximate surface area is 208 Å². The molecule has 1 aliphatic heterocycles. The number of hydrogen-bond acceptors (Lipinski definition) is 7. The summed E-state index contributed by atoms with van der Waals surface area (Å²) in [6.45, 7) is 4.51. The molecule has 0 spiro atoms. The number of likely N-dealkylation sites (tertiary alicyclic amines) is 1. The van der Waals surface area contributed by atoms with Crippen LogP contribution in [0.2, 0.25) is 0 Å². The Kier molecular flexibility index (Phi) is 6.89. The SMILES string of the molecule is Nc1ccncc1NC(=S)NCCN1CCC(Nc2nc3ccccc3n2Cc2cccs2)C1. The van der Waals surface area contributed by atoms with E-state index >= 15 is 0 Å². The molecule has 3 aromatic heterocycles. The summed E-state index contributed by atoms with van der Waals surface area (Å²) in [6.07, 6.45) is 4.41. The van der Waals surface area contributed by atoms with Crippen LogP contribution in [0.3, 0.4) is 0 Å². The van der Waals surface area contributed by atoms with Crippen LogP contribution >= 0.6 is 23.6 Å². The normalized spacial score (nSPS) is 16.1. The van der Waals surface area contributed by atoms with E-state index < -0.39 is 0 Å². The first-order chi connectivity index (χ1) is 16.7. The van der Waals surface area contributed by atoms with Crippen molar-refractivity contribution in [2.24, 2.45) is 0 Å². The van der Waals surface area contributed by atoms with Gasteiger partial charge in [0, 0.05) is 43.3 Å². The Morgan fingerprint density at radius 2 is 2.12 bits per heavy atom. The van der Waals surface area contributed by atoms with Gasteiger partial charge in [-0.3, -0.25) is 9.88 Å². The van der Waals surface area contributed by atoms with Crippen LogP contribution in [0.15, 0.2) is 60.2 Å². The van der Waals surface area contributed by atoms with E-state index in [4.69, 9.17) is 22.9 Å². The third-order valence-electron chi connectivity index (χ3n) is 5.97. The lowest BCUT2D eigenvalue weighted by atomic mass is 10.3. The van der Waals surface area contributed by atoms with Gasteiger partial charge in [0.15, 0.2) is 5.11 Å². The molecule has 5 rings (SSSR count). The average molecular weight is 493 g/mol. The highest BCUT2D eigenvalue weighted by atomic mass is 32.1. The summed E-state index contributed by atoms with van der Waals surface area (Å²) < 4.78 is 2.29. The van der Waals surface area contributed by atoms with Gasteiger partial charge < -0.3 is 26.3 Å². The van der Waals surface area contributed by atoms with E-state index in [1.165, 1.54) is 4.88 Å². The summed E-state index contributed by atoms with van der Waals surface area (Å²) in [6, 6.07) is 14.7. The maximum absolute atomic E-state index is 5.94. The molecule has 1 aromatic carbocycles. The summed E-state index contributed by atoms with van der Waals surface area (Å²) in [5.74, 6) is 0.944. The number of hydrogen-bond donors (Lipinski definition) is 4. The zero-order chi connectivity index (χ0) is 23.3. The number of nitrogens with zero attached hydrogens (tertiary/aromatic N) is 4. The highest BCUT2D eigenvalue weighted by molar-refractivity contribution is 7.80. The summed E-state index contributed by atoms with van der Waals surface area (Å²) in [4.78, 5) is 12.7. The molecule has 0 bridgehead atoms. The minimum atomic E-state index is 0.360. The molecule has 4 heterocycles. The molecule has 4 aromatic rings. The molecular formula is C24H28N8S2. The fraction of sp³-hybridized carbons (Fsp3) is 0.292. The highest BCUT2D eigenvalue weighted by Gasteiger charge is 2.24. The lowest BCUT2D eigenvalue weighted by molar-refractivity contribution is 0.341. The second-order valence-electron chi connectivity index (χ2n) is 8.36. The number of nitrogen functional groups attached to an aromatic ring is 1. The number of thiophene rings is 1. The van der Waals surface area contributed by atoms with Crippen LogP contribution in [0.25, 0.3) is 11.0 Å². The number of anilines is 3. The van der Waals surface area contributed by atoms with Gasteiger partial charge in [0.1, 0.15) is 0 Å². The van der Waals surface area contributed by atoms with Crippen molar-refractivity contribution in [1.82, 2.24) is 24.8 Å². The second kappa shape index (κ2) is 10.4. The maximum atomic E-state index is 5.94. The molecule has 8 nitrogen and oxygen atoms in total. The van der Waals surface area contributed by atoms with Crippen molar-refractivity contribution < 1.29 is 0 Å². The Balaban J connectivity index is 1.15. The van der Waals surface area contributed by atoms with Gasteiger partial charge in [-0.15, -0.1) is 11.3 Å². The number of imidazole rings is 1. The lowest BCUT2D eigenvalue weighted by Gasteiger charge is -2.19. The van der Waals surface area contributed by atoms with Crippen molar-refractivity contribution >= 4 is 57.0 Å². The Morgan fingerprint density at radius 3 is 2.97 bits per heavy atom. The summed E-state index contributed by atoms with van der Waals surface area (Å²) in [5, 5.41) is 12.8. The van der Waals surface area contributed by atoms with Gasteiger partial charge in [-0.1, -0.05) is 18.2 Å². The number of thiocarbonyl (C=S) groups is 1. The largest absolute Gasteiger partial charge is 0.397 e. The van der Waals surface area contributed by atoms with Gasteiger partial charge in [0.25, 0.3) is 0 Å². The Morgan fingerprint density at radius 1 is 1.21 bits per heavy atom. The van der Waals surface area contributed by atoms with E-state index in [0.29, 0.717) is 16.8 Å². The van der Waals surface area contributed by atoms with E-state index in [2.05, 4.69) is 66.1 Å². The first-order valence-corrected chi connectivity index (χ1v) is 12.7. The van der Waals surface area contributed by atoms with Crippen LogP contribution in [0, 0.1) is 0 Å². The van der Waals surface area contributed by atoms with Crippen LogP contribution in [0.4, 0.5) is 17.3 Å². The van der Waals surface area contributed by atoms with Gasteiger partial charge in [-0.2, -0.15) is 0 Å². The molecule has 1 saturated heterocycles. The average Bonchev–Trinajstić information content (AvgIpc) is 3.58. The number of fused-ring (bicyclic) bond motifs is 1. The number of benzene rings is 1. The van der Waals surface area contributed by atoms with Gasteiger partial charge in [0.2, 0.25) is 5.95 Å². The van der Waals surface area contributed by atoms with Crippen LogP contribution in [0.5, 0.6) is 0 Å². The van der Waals surface area contributed by atoms with Gasteiger partial charge in [-0.05, 0) is 48.3 Å². The molecule has 0 radical (unpaired) electrons. The predicted molar refractivity (Wildman–Crippen MR) is 144 cm³/mol. The first kappa shape index (κ1) is 22.6. The predicted octanol–water partition coefficient (Wildman–Crippen LogP) is 3.60. The van der Waals surface area contributed by atoms with E-state index in [9.17, 15) is 0 Å². The van der Waals surface area contributed by atoms with Crippen molar-refractivity contribution in [3.63, 3.8) is 0 Å². The quantitative estimate of drug-likeness (QED) is 0.277. The highest BCUT2D eigenvalue weighted by Crippen LogP contribution is 2.24. The minimum absolute atomic E-state index is 0.360. The maximum Gasteiger partial charge on any atom is 0.204 e. The summed E-state index contributed by atoms with van der Waals surface area (Å²) in [5.41, 5.74) is 9.46. The number of pyridine rings is 1. The smallest absolute Gasteiger partial charge is 0.204 e. The van der Waals surface area contributed by atoms with E-state index in [0.717, 1.165) is 61.8 Å². The molecule has 5 N–H and O–H groups in total. The molecule has 10 heteroatoms. The van der Waals surface area contributed by atoms with Crippen LogP contribution in [-0.4, -0.2) is 56.8 Å². The van der Waals surface area contributed by atoms with Crippen molar-refractivity contribution in [3.8, 4) is 0 Å². The fourth-order valence-corrected chi connectivity index (χ4v) is 5.15. The zero-order valence-electron chi connectivity index (χ0n) is 18.8. The Bertz CT molecular complexity index is 1250. The second-order valence-corrected chi connectivity index (χ2v) is 9.80. The number of nitrogens with one attached hydrogen (secondary N) is 3. The third kappa shape index (κ3) is 5.30. The van der Waals surface area contributed by atoms with Gasteiger partial charge in [0.05, 0.1) is 35.1 Å². The number of aromatic nitrogens is 3. The van der Waals surface area contributed by atoms with Crippen LogP contribution < -0.4 is 21.7 Å². The van der Waals surface area contributed by atoms with Gasteiger partial charge >= 0.3 is 0 Å².